The highest BCUT2D eigenvalue weighted by molar-refractivity contribution is 7.54. The third-order valence-corrected chi connectivity index (χ3v) is 3.92. The van der Waals surface area contributed by atoms with Crippen LogP contribution >= 0.6 is 7.60 Å². The molecule has 0 heterocycles. The molecule has 0 saturated carbocycles. The molecule has 0 aliphatic heterocycles. The van der Waals surface area contributed by atoms with E-state index in [4.69, 9.17) is 14.8 Å². The van der Waals surface area contributed by atoms with Gasteiger partial charge in [0.05, 0.1) is 13.2 Å². The minimum atomic E-state index is -3.05. The zero-order valence-corrected chi connectivity index (χ0v) is 9.55. The molecule has 2 N–H and O–H groups in total. The summed E-state index contributed by atoms with van der Waals surface area (Å²) in [5.41, 5.74) is 5.72. The van der Waals surface area contributed by atoms with Gasteiger partial charge in [0.25, 0.3) is 0 Å². The highest BCUT2D eigenvalue weighted by atomic mass is 31.2. The summed E-state index contributed by atoms with van der Waals surface area (Å²) >= 11 is 0. The fraction of sp³-hybridized carbons (Fsp3) is 1.00. The van der Waals surface area contributed by atoms with Gasteiger partial charge in [-0.2, -0.15) is 0 Å². The molecule has 0 spiro atoms. The summed E-state index contributed by atoms with van der Waals surface area (Å²) in [5.74, 6) is -0.489. The molecular formula is C8H20NO3P. The van der Waals surface area contributed by atoms with Crippen molar-refractivity contribution in [3.8, 4) is 0 Å². The van der Waals surface area contributed by atoms with Crippen molar-refractivity contribution in [3.05, 3.63) is 0 Å². The number of nitrogens with two attached hydrogens (primary N) is 1. The summed E-state index contributed by atoms with van der Waals surface area (Å²) < 4.78 is 22.1. The Hall–Kier alpha value is 0.110. The van der Waals surface area contributed by atoms with Crippen LogP contribution in [0, 0.1) is 0 Å². The number of hydrogen-bond acceptors (Lipinski definition) is 4. The van der Waals surface area contributed by atoms with Gasteiger partial charge < -0.3 is 14.8 Å². The molecule has 0 fully saturated rings. The molecule has 0 amide bonds. The van der Waals surface area contributed by atoms with Gasteiger partial charge in [0.15, 0.2) is 0 Å². The molecule has 0 aromatic rings. The molecule has 0 radical (unpaired) electrons. The first-order valence-electron chi connectivity index (χ1n) is 4.75. The third kappa shape index (κ3) is 4.23. The molecule has 0 aliphatic carbocycles. The molecule has 1 atom stereocenters. The van der Waals surface area contributed by atoms with Gasteiger partial charge in [-0.15, -0.1) is 0 Å². The van der Waals surface area contributed by atoms with Crippen LogP contribution in [0.2, 0.25) is 0 Å². The van der Waals surface area contributed by atoms with E-state index >= 15 is 0 Å². The SMILES string of the molecule is CCCC(N)P(=O)(OCC)OCC. The first-order valence-corrected chi connectivity index (χ1v) is 6.36. The Morgan fingerprint density at radius 3 is 2.00 bits per heavy atom. The molecule has 0 aromatic heterocycles. The molecule has 13 heavy (non-hydrogen) atoms. The Bertz CT molecular complexity index is 165. The van der Waals surface area contributed by atoms with Crippen molar-refractivity contribution in [1.82, 2.24) is 0 Å². The first kappa shape index (κ1) is 13.1. The Labute approximate surface area is 80.3 Å². The topological polar surface area (TPSA) is 61.6 Å². The second-order valence-corrected chi connectivity index (χ2v) is 4.99. The Kier molecular flexibility index (Phi) is 6.60. The average Bonchev–Trinajstić information content (AvgIpc) is 2.05. The van der Waals surface area contributed by atoms with Crippen LogP contribution in [0.25, 0.3) is 0 Å². The van der Waals surface area contributed by atoms with Gasteiger partial charge in [-0.25, -0.2) is 0 Å². The van der Waals surface area contributed by atoms with Crippen LogP contribution in [0.4, 0.5) is 0 Å². The minimum absolute atomic E-state index is 0.370. The van der Waals surface area contributed by atoms with E-state index in [0.717, 1.165) is 6.42 Å². The lowest BCUT2D eigenvalue weighted by Gasteiger charge is -2.22. The summed E-state index contributed by atoms with van der Waals surface area (Å²) in [5, 5.41) is 0. The van der Waals surface area contributed by atoms with E-state index in [0.29, 0.717) is 19.6 Å². The fourth-order valence-corrected chi connectivity index (χ4v) is 2.79. The van der Waals surface area contributed by atoms with E-state index in [2.05, 4.69) is 0 Å². The Morgan fingerprint density at radius 2 is 1.69 bits per heavy atom. The maximum Gasteiger partial charge on any atom is 0.347 e. The summed E-state index contributed by atoms with van der Waals surface area (Å²) in [4.78, 5) is 0. The smallest absolute Gasteiger partial charge is 0.318 e. The predicted octanol–water partition coefficient (Wildman–Crippen LogP) is 2.34. The second kappa shape index (κ2) is 6.55. The van der Waals surface area contributed by atoms with Gasteiger partial charge >= 0.3 is 7.60 Å². The molecule has 0 bridgehead atoms. The van der Waals surface area contributed by atoms with Crippen molar-refractivity contribution >= 4 is 7.60 Å². The van der Waals surface area contributed by atoms with E-state index in [1.165, 1.54) is 0 Å². The molecule has 0 aliphatic rings. The van der Waals surface area contributed by atoms with E-state index in [1.807, 2.05) is 6.92 Å². The van der Waals surface area contributed by atoms with Gasteiger partial charge in [-0.1, -0.05) is 13.3 Å². The van der Waals surface area contributed by atoms with E-state index < -0.39 is 13.4 Å². The molecular weight excluding hydrogens is 189 g/mol. The summed E-state index contributed by atoms with van der Waals surface area (Å²) in [7, 11) is -3.05. The molecule has 0 saturated heterocycles. The molecule has 4 nitrogen and oxygen atoms in total. The fourth-order valence-electron chi connectivity index (χ4n) is 1.04. The van der Waals surface area contributed by atoms with Crippen molar-refractivity contribution in [3.63, 3.8) is 0 Å². The minimum Gasteiger partial charge on any atom is -0.318 e. The molecule has 80 valence electrons. The molecule has 5 heteroatoms. The van der Waals surface area contributed by atoms with Crippen LogP contribution in [0.3, 0.4) is 0 Å². The lowest BCUT2D eigenvalue weighted by molar-refractivity contribution is 0.210. The van der Waals surface area contributed by atoms with E-state index in [-0.39, 0.29) is 0 Å². The normalized spacial score (nSPS) is 14.5. The van der Waals surface area contributed by atoms with Crippen LogP contribution in [-0.4, -0.2) is 19.0 Å². The lowest BCUT2D eigenvalue weighted by atomic mass is 10.3. The zero-order chi connectivity index (χ0) is 10.3. The standard InChI is InChI=1S/C8H20NO3P/c1-4-7-8(9)13(10,11-5-2)12-6-3/h8H,4-7,9H2,1-3H3. The van der Waals surface area contributed by atoms with Crippen molar-refractivity contribution in [2.75, 3.05) is 13.2 Å². The van der Waals surface area contributed by atoms with Crippen molar-refractivity contribution in [2.24, 2.45) is 5.73 Å². The highest BCUT2D eigenvalue weighted by Crippen LogP contribution is 2.52. The van der Waals surface area contributed by atoms with Gasteiger partial charge in [0, 0.05) is 0 Å². The predicted molar refractivity (Wildman–Crippen MR) is 53.7 cm³/mol. The third-order valence-electron chi connectivity index (χ3n) is 1.61. The second-order valence-electron chi connectivity index (χ2n) is 2.73. The maximum atomic E-state index is 11.9. The lowest BCUT2D eigenvalue weighted by Crippen LogP contribution is -2.22. The van der Waals surface area contributed by atoms with Crippen molar-refractivity contribution < 1.29 is 13.6 Å². The van der Waals surface area contributed by atoms with Gasteiger partial charge in [0.2, 0.25) is 0 Å². The van der Waals surface area contributed by atoms with Gasteiger partial charge in [0.1, 0.15) is 5.78 Å². The summed E-state index contributed by atoms with van der Waals surface area (Å²) in [6.07, 6.45) is 1.54. The summed E-state index contributed by atoms with van der Waals surface area (Å²) in [6, 6.07) is 0. The largest absolute Gasteiger partial charge is 0.347 e. The quantitative estimate of drug-likeness (QED) is 0.654. The van der Waals surface area contributed by atoms with Crippen molar-refractivity contribution in [2.45, 2.75) is 39.4 Å². The van der Waals surface area contributed by atoms with Crippen LogP contribution < -0.4 is 5.73 Å². The van der Waals surface area contributed by atoms with Gasteiger partial charge in [-0.3, -0.25) is 4.57 Å². The number of hydrogen-bond donors (Lipinski definition) is 1. The van der Waals surface area contributed by atoms with Crippen LogP contribution in [-0.2, 0) is 13.6 Å². The highest BCUT2D eigenvalue weighted by Gasteiger charge is 2.31. The molecule has 0 rings (SSSR count). The van der Waals surface area contributed by atoms with Crippen LogP contribution in [0.5, 0.6) is 0 Å². The van der Waals surface area contributed by atoms with Gasteiger partial charge in [-0.05, 0) is 20.3 Å². The van der Waals surface area contributed by atoms with E-state index in [1.54, 1.807) is 13.8 Å². The molecule has 1 unspecified atom stereocenters. The van der Waals surface area contributed by atoms with Crippen molar-refractivity contribution in [1.29, 1.82) is 0 Å². The number of rotatable bonds is 7. The maximum absolute atomic E-state index is 11.9. The average molecular weight is 209 g/mol. The monoisotopic (exact) mass is 209 g/mol. The van der Waals surface area contributed by atoms with E-state index in [9.17, 15) is 4.57 Å². The van der Waals surface area contributed by atoms with Crippen LogP contribution in [0.15, 0.2) is 0 Å². The van der Waals surface area contributed by atoms with Crippen LogP contribution in [0.1, 0.15) is 33.6 Å². The molecule has 0 aromatic carbocycles. The Balaban J connectivity index is 4.28. The summed E-state index contributed by atoms with van der Waals surface area (Å²) in [6.45, 7) is 6.29. The zero-order valence-electron chi connectivity index (χ0n) is 8.66. The first-order chi connectivity index (χ1) is 6.10. The Morgan fingerprint density at radius 1 is 1.23 bits per heavy atom.